The van der Waals surface area contributed by atoms with Gasteiger partial charge < -0.3 is 14.7 Å². The lowest BCUT2D eigenvalue weighted by Gasteiger charge is -2.30. The van der Waals surface area contributed by atoms with Gasteiger partial charge in [-0.15, -0.1) is 0 Å². The van der Waals surface area contributed by atoms with E-state index in [1.165, 1.54) is 0 Å². The molecule has 2 aromatic rings. The van der Waals surface area contributed by atoms with E-state index in [1.807, 2.05) is 35.2 Å². The van der Waals surface area contributed by atoms with Gasteiger partial charge in [-0.05, 0) is 25.7 Å². The van der Waals surface area contributed by atoms with Crippen molar-refractivity contribution in [1.29, 1.82) is 0 Å². The Labute approximate surface area is 134 Å². The summed E-state index contributed by atoms with van der Waals surface area (Å²) in [6, 6.07) is 10.3. The van der Waals surface area contributed by atoms with Crippen molar-refractivity contribution in [2.24, 2.45) is 0 Å². The van der Waals surface area contributed by atoms with Gasteiger partial charge in [0.1, 0.15) is 0 Å². The molecule has 1 aliphatic carbocycles. The van der Waals surface area contributed by atoms with Gasteiger partial charge in [0, 0.05) is 30.6 Å². The summed E-state index contributed by atoms with van der Waals surface area (Å²) in [5.41, 5.74) is 0.962. The fourth-order valence-corrected chi connectivity index (χ4v) is 2.93. The topological polar surface area (TPSA) is 71.3 Å². The highest BCUT2D eigenvalue weighted by Gasteiger charge is 2.30. The summed E-state index contributed by atoms with van der Waals surface area (Å²) in [4.78, 5) is 18.5. The lowest BCUT2D eigenvalue weighted by atomic mass is 9.97. The van der Waals surface area contributed by atoms with E-state index in [2.05, 4.69) is 15.5 Å². The maximum absolute atomic E-state index is 12.0. The maximum atomic E-state index is 12.0. The van der Waals surface area contributed by atoms with Crippen molar-refractivity contribution in [3.05, 3.63) is 36.2 Å². The molecule has 2 amide bonds. The Kier molecular flexibility index (Phi) is 3.73. The Hall–Kier alpha value is -2.37. The molecular weight excluding hydrogens is 292 g/mol. The average Bonchev–Trinajstić information content (AvgIpc) is 3.27. The molecule has 1 saturated heterocycles. The smallest absolute Gasteiger partial charge is 0.317 e. The first-order chi connectivity index (χ1) is 11.3. The van der Waals surface area contributed by atoms with Gasteiger partial charge in [0.15, 0.2) is 0 Å². The van der Waals surface area contributed by atoms with Crippen molar-refractivity contribution in [2.45, 2.75) is 37.6 Å². The maximum Gasteiger partial charge on any atom is 0.317 e. The number of benzene rings is 1. The summed E-state index contributed by atoms with van der Waals surface area (Å²) < 4.78 is 5.45. The lowest BCUT2D eigenvalue weighted by Crippen LogP contribution is -2.44. The fourth-order valence-electron chi connectivity index (χ4n) is 2.93. The molecule has 1 aromatic carbocycles. The van der Waals surface area contributed by atoms with Crippen molar-refractivity contribution >= 4 is 6.03 Å². The highest BCUT2D eigenvalue weighted by atomic mass is 16.5. The van der Waals surface area contributed by atoms with E-state index in [9.17, 15) is 4.79 Å². The molecule has 2 fully saturated rings. The molecule has 4 rings (SSSR count). The standard InChI is InChI=1S/C17H20N4O2/c22-17(18-14-6-7-14)21-10-8-13(9-11-21)16-19-15(20-23-16)12-4-2-1-3-5-12/h1-5,13-14H,6-11H2,(H,18,22). The van der Waals surface area contributed by atoms with Gasteiger partial charge in [-0.2, -0.15) is 4.98 Å². The first-order valence-corrected chi connectivity index (χ1v) is 8.24. The van der Waals surface area contributed by atoms with E-state index in [0.717, 1.165) is 44.3 Å². The Morgan fingerprint density at radius 2 is 1.87 bits per heavy atom. The van der Waals surface area contributed by atoms with E-state index in [-0.39, 0.29) is 11.9 Å². The van der Waals surface area contributed by atoms with Crippen LogP contribution in [-0.4, -0.2) is 40.2 Å². The van der Waals surface area contributed by atoms with Gasteiger partial charge >= 0.3 is 6.03 Å². The molecule has 0 radical (unpaired) electrons. The number of nitrogens with zero attached hydrogens (tertiary/aromatic N) is 3. The Bertz CT molecular complexity index is 673. The molecule has 120 valence electrons. The van der Waals surface area contributed by atoms with Gasteiger partial charge in [-0.25, -0.2) is 4.79 Å². The van der Waals surface area contributed by atoms with Crippen LogP contribution in [0.25, 0.3) is 11.4 Å². The molecule has 6 nitrogen and oxygen atoms in total. The summed E-state index contributed by atoms with van der Waals surface area (Å²) >= 11 is 0. The van der Waals surface area contributed by atoms with E-state index in [4.69, 9.17) is 4.52 Å². The normalized spacial score (nSPS) is 18.9. The summed E-state index contributed by atoms with van der Waals surface area (Å²) in [5.74, 6) is 1.56. The van der Waals surface area contributed by atoms with E-state index < -0.39 is 0 Å². The SMILES string of the molecule is O=C(NC1CC1)N1CCC(c2nc(-c3ccccc3)no2)CC1. The van der Waals surface area contributed by atoms with Gasteiger partial charge in [-0.1, -0.05) is 35.5 Å². The van der Waals surface area contributed by atoms with Crippen LogP contribution in [0.2, 0.25) is 0 Å². The van der Waals surface area contributed by atoms with Crippen molar-refractivity contribution in [1.82, 2.24) is 20.4 Å². The molecule has 1 saturated carbocycles. The number of aromatic nitrogens is 2. The molecule has 6 heteroatoms. The number of rotatable bonds is 3. The number of amides is 2. The zero-order chi connectivity index (χ0) is 15.6. The van der Waals surface area contributed by atoms with Crippen molar-refractivity contribution in [3.63, 3.8) is 0 Å². The molecule has 1 N–H and O–H groups in total. The van der Waals surface area contributed by atoms with E-state index in [0.29, 0.717) is 17.8 Å². The van der Waals surface area contributed by atoms with Crippen LogP contribution in [-0.2, 0) is 0 Å². The van der Waals surface area contributed by atoms with E-state index in [1.54, 1.807) is 0 Å². The van der Waals surface area contributed by atoms with Crippen molar-refractivity contribution < 1.29 is 9.32 Å². The first-order valence-electron chi connectivity index (χ1n) is 8.24. The molecule has 1 aliphatic heterocycles. The van der Waals surface area contributed by atoms with E-state index >= 15 is 0 Å². The lowest BCUT2D eigenvalue weighted by molar-refractivity contribution is 0.175. The zero-order valence-electron chi connectivity index (χ0n) is 12.9. The summed E-state index contributed by atoms with van der Waals surface area (Å²) in [6.07, 6.45) is 3.97. The first kappa shape index (κ1) is 14.2. The highest BCUT2D eigenvalue weighted by molar-refractivity contribution is 5.75. The number of hydrogen-bond donors (Lipinski definition) is 1. The van der Waals surface area contributed by atoms with Crippen LogP contribution in [0.1, 0.15) is 37.5 Å². The van der Waals surface area contributed by atoms with Gasteiger partial charge in [0.05, 0.1) is 0 Å². The van der Waals surface area contributed by atoms with Crippen molar-refractivity contribution in [3.8, 4) is 11.4 Å². The Morgan fingerprint density at radius 1 is 1.13 bits per heavy atom. The molecule has 0 atom stereocenters. The number of likely N-dealkylation sites (tertiary alicyclic amines) is 1. The summed E-state index contributed by atoms with van der Waals surface area (Å²) in [5, 5.41) is 7.12. The van der Waals surface area contributed by atoms with Crippen LogP contribution >= 0.6 is 0 Å². The minimum absolute atomic E-state index is 0.0708. The zero-order valence-corrected chi connectivity index (χ0v) is 12.9. The molecule has 0 spiro atoms. The Morgan fingerprint density at radius 3 is 2.57 bits per heavy atom. The quantitative estimate of drug-likeness (QED) is 0.946. The van der Waals surface area contributed by atoms with Gasteiger partial charge in [-0.3, -0.25) is 0 Å². The Balaban J connectivity index is 1.37. The number of piperidine rings is 1. The predicted octanol–water partition coefficient (Wildman–Crippen LogP) is 2.79. The second-order valence-electron chi connectivity index (χ2n) is 6.31. The molecule has 2 heterocycles. The van der Waals surface area contributed by atoms with Crippen LogP contribution in [0.15, 0.2) is 34.9 Å². The predicted molar refractivity (Wildman–Crippen MR) is 84.8 cm³/mol. The molecule has 2 aliphatic rings. The fraction of sp³-hybridized carbons (Fsp3) is 0.471. The molecule has 0 bridgehead atoms. The minimum Gasteiger partial charge on any atom is -0.339 e. The molecule has 0 unspecified atom stereocenters. The highest BCUT2D eigenvalue weighted by Crippen LogP contribution is 2.29. The second kappa shape index (κ2) is 6.02. The largest absolute Gasteiger partial charge is 0.339 e. The van der Waals surface area contributed by atoms with Crippen LogP contribution in [0.5, 0.6) is 0 Å². The van der Waals surface area contributed by atoms with Crippen LogP contribution < -0.4 is 5.32 Å². The monoisotopic (exact) mass is 312 g/mol. The third kappa shape index (κ3) is 3.21. The minimum atomic E-state index is 0.0708. The van der Waals surface area contributed by atoms with Crippen LogP contribution in [0.3, 0.4) is 0 Å². The molecule has 1 aromatic heterocycles. The number of carbonyl (C=O) groups excluding carboxylic acids is 1. The van der Waals surface area contributed by atoms with Crippen LogP contribution in [0, 0.1) is 0 Å². The van der Waals surface area contributed by atoms with Crippen molar-refractivity contribution in [2.75, 3.05) is 13.1 Å². The summed E-state index contributed by atoms with van der Waals surface area (Å²) in [7, 11) is 0. The number of urea groups is 1. The average molecular weight is 312 g/mol. The third-order valence-corrected chi connectivity index (χ3v) is 4.51. The second-order valence-corrected chi connectivity index (χ2v) is 6.31. The van der Waals surface area contributed by atoms with Gasteiger partial charge in [0.2, 0.25) is 11.7 Å². The van der Waals surface area contributed by atoms with Gasteiger partial charge in [0.25, 0.3) is 0 Å². The number of carbonyl (C=O) groups is 1. The molecule has 23 heavy (non-hydrogen) atoms. The van der Waals surface area contributed by atoms with Crippen LogP contribution in [0.4, 0.5) is 4.79 Å². The number of nitrogens with one attached hydrogen (secondary N) is 1. The molecular formula is C17H20N4O2. The number of hydrogen-bond acceptors (Lipinski definition) is 4. The summed E-state index contributed by atoms with van der Waals surface area (Å²) in [6.45, 7) is 1.48. The third-order valence-electron chi connectivity index (χ3n) is 4.51.